The molecule has 0 amide bonds. The first-order valence-electron chi connectivity index (χ1n) is 5.64. The van der Waals surface area contributed by atoms with E-state index in [1.165, 1.54) is 12.8 Å². The quantitative estimate of drug-likeness (QED) is 0.558. The number of halogens is 3. The SMILES string of the molecule is FC(F)(F)C1CCC2CCCCC2C1. The maximum atomic E-state index is 12.5. The van der Waals surface area contributed by atoms with Crippen LogP contribution in [0.1, 0.15) is 44.9 Å². The fourth-order valence-electron chi connectivity index (χ4n) is 3.17. The zero-order valence-electron chi connectivity index (χ0n) is 8.32. The molecule has 0 spiro atoms. The van der Waals surface area contributed by atoms with Gasteiger partial charge in [-0.25, -0.2) is 0 Å². The standard InChI is InChI=1S/C11H17F3/c12-11(13,14)10-6-5-8-3-1-2-4-9(8)7-10/h8-10H,1-7H2. The Balaban J connectivity index is 1.96. The van der Waals surface area contributed by atoms with Crippen LogP contribution in [-0.4, -0.2) is 6.18 Å². The predicted octanol–water partition coefficient (Wildman–Crippen LogP) is 4.16. The maximum Gasteiger partial charge on any atom is 0.391 e. The van der Waals surface area contributed by atoms with Gasteiger partial charge in [-0.2, -0.15) is 13.2 Å². The maximum absolute atomic E-state index is 12.5. The summed E-state index contributed by atoms with van der Waals surface area (Å²) in [4.78, 5) is 0. The van der Waals surface area contributed by atoms with Crippen LogP contribution >= 0.6 is 0 Å². The van der Waals surface area contributed by atoms with Crippen molar-refractivity contribution in [2.24, 2.45) is 17.8 Å². The van der Waals surface area contributed by atoms with Crippen molar-refractivity contribution in [3.63, 3.8) is 0 Å². The van der Waals surface area contributed by atoms with Crippen molar-refractivity contribution in [1.29, 1.82) is 0 Å². The molecule has 2 rings (SSSR count). The van der Waals surface area contributed by atoms with E-state index < -0.39 is 12.1 Å². The Morgan fingerprint density at radius 1 is 0.786 bits per heavy atom. The van der Waals surface area contributed by atoms with Crippen LogP contribution in [-0.2, 0) is 0 Å². The smallest absolute Gasteiger partial charge is 0.171 e. The summed E-state index contributed by atoms with van der Waals surface area (Å²) in [5.41, 5.74) is 0. The van der Waals surface area contributed by atoms with Gasteiger partial charge >= 0.3 is 6.18 Å². The van der Waals surface area contributed by atoms with Crippen LogP contribution in [0, 0.1) is 17.8 Å². The lowest BCUT2D eigenvalue weighted by molar-refractivity contribution is -0.190. The number of rotatable bonds is 0. The average Bonchev–Trinajstić information content (AvgIpc) is 2.16. The second kappa shape index (κ2) is 3.74. The first-order valence-corrected chi connectivity index (χ1v) is 5.64. The van der Waals surface area contributed by atoms with Crippen molar-refractivity contribution in [1.82, 2.24) is 0 Å². The lowest BCUT2D eigenvalue weighted by Crippen LogP contribution is -2.34. The molecule has 2 aliphatic carbocycles. The van der Waals surface area contributed by atoms with E-state index in [1.807, 2.05) is 0 Å². The summed E-state index contributed by atoms with van der Waals surface area (Å²) in [5, 5.41) is 0. The molecule has 0 radical (unpaired) electrons. The van der Waals surface area contributed by atoms with Crippen molar-refractivity contribution < 1.29 is 13.2 Å². The fraction of sp³-hybridized carbons (Fsp3) is 1.00. The van der Waals surface area contributed by atoms with Gasteiger partial charge in [-0.15, -0.1) is 0 Å². The first-order chi connectivity index (χ1) is 6.57. The third-order valence-electron chi connectivity index (χ3n) is 4.00. The molecule has 2 fully saturated rings. The van der Waals surface area contributed by atoms with Crippen LogP contribution in [0.4, 0.5) is 13.2 Å². The summed E-state index contributed by atoms with van der Waals surface area (Å²) in [7, 11) is 0. The molecule has 2 saturated carbocycles. The van der Waals surface area contributed by atoms with Crippen LogP contribution < -0.4 is 0 Å². The van der Waals surface area contributed by atoms with Gasteiger partial charge in [0.05, 0.1) is 5.92 Å². The summed E-state index contributed by atoms with van der Waals surface area (Å²) < 4.78 is 37.5. The average molecular weight is 206 g/mol. The monoisotopic (exact) mass is 206 g/mol. The topological polar surface area (TPSA) is 0 Å². The van der Waals surface area contributed by atoms with E-state index in [0.29, 0.717) is 24.7 Å². The van der Waals surface area contributed by atoms with Crippen LogP contribution in [0.2, 0.25) is 0 Å². The second-order valence-corrected chi connectivity index (χ2v) is 4.86. The van der Waals surface area contributed by atoms with Crippen LogP contribution in [0.15, 0.2) is 0 Å². The number of hydrogen-bond donors (Lipinski definition) is 0. The molecule has 0 bridgehead atoms. The molecule has 0 nitrogen and oxygen atoms in total. The molecule has 0 aliphatic heterocycles. The van der Waals surface area contributed by atoms with E-state index in [4.69, 9.17) is 0 Å². The molecular formula is C11H17F3. The third-order valence-corrected chi connectivity index (χ3v) is 4.00. The fourth-order valence-corrected chi connectivity index (χ4v) is 3.17. The molecule has 0 aromatic heterocycles. The highest BCUT2D eigenvalue weighted by atomic mass is 19.4. The van der Waals surface area contributed by atoms with Gasteiger partial charge in [0.1, 0.15) is 0 Å². The van der Waals surface area contributed by atoms with E-state index >= 15 is 0 Å². The van der Waals surface area contributed by atoms with Gasteiger partial charge in [0.2, 0.25) is 0 Å². The van der Waals surface area contributed by atoms with Crippen LogP contribution in [0.5, 0.6) is 0 Å². The number of hydrogen-bond acceptors (Lipinski definition) is 0. The third kappa shape index (κ3) is 2.06. The highest BCUT2D eigenvalue weighted by Gasteiger charge is 2.44. The van der Waals surface area contributed by atoms with Gasteiger partial charge < -0.3 is 0 Å². The molecular weight excluding hydrogens is 189 g/mol. The minimum atomic E-state index is -3.94. The normalized spacial score (nSPS) is 39.2. The zero-order chi connectivity index (χ0) is 10.2. The van der Waals surface area contributed by atoms with Gasteiger partial charge in [0.25, 0.3) is 0 Å². The van der Waals surface area contributed by atoms with Gasteiger partial charge in [-0.05, 0) is 31.1 Å². The summed E-state index contributed by atoms with van der Waals surface area (Å²) in [5.74, 6) is -0.00618. The Morgan fingerprint density at radius 2 is 1.43 bits per heavy atom. The van der Waals surface area contributed by atoms with E-state index in [9.17, 15) is 13.2 Å². The molecule has 2 aliphatic rings. The Bertz CT molecular complexity index is 197. The molecule has 0 N–H and O–H groups in total. The van der Waals surface area contributed by atoms with E-state index in [0.717, 1.165) is 19.3 Å². The van der Waals surface area contributed by atoms with Crippen molar-refractivity contribution in [2.75, 3.05) is 0 Å². The van der Waals surface area contributed by atoms with Gasteiger partial charge in [-0.3, -0.25) is 0 Å². The van der Waals surface area contributed by atoms with Crippen LogP contribution in [0.25, 0.3) is 0 Å². The number of fused-ring (bicyclic) bond motifs is 1. The predicted molar refractivity (Wildman–Crippen MR) is 48.8 cm³/mol. The van der Waals surface area contributed by atoms with Gasteiger partial charge in [0.15, 0.2) is 0 Å². The first kappa shape index (κ1) is 10.3. The molecule has 14 heavy (non-hydrogen) atoms. The second-order valence-electron chi connectivity index (χ2n) is 4.86. The summed E-state index contributed by atoms with van der Waals surface area (Å²) in [6.07, 6.45) is 2.26. The van der Waals surface area contributed by atoms with Crippen molar-refractivity contribution in [3.8, 4) is 0 Å². The largest absolute Gasteiger partial charge is 0.391 e. The summed E-state index contributed by atoms with van der Waals surface area (Å²) in [6, 6.07) is 0. The molecule has 3 heteroatoms. The highest BCUT2D eigenvalue weighted by Crippen LogP contribution is 2.47. The van der Waals surface area contributed by atoms with E-state index in [-0.39, 0.29) is 0 Å². The summed E-state index contributed by atoms with van der Waals surface area (Å²) in [6.45, 7) is 0. The Morgan fingerprint density at radius 3 is 2.07 bits per heavy atom. The molecule has 0 aromatic carbocycles. The van der Waals surface area contributed by atoms with Crippen LogP contribution in [0.3, 0.4) is 0 Å². The highest BCUT2D eigenvalue weighted by molar-refractivity contribution is 4.85. The molecule has 3 unspecified atom stereocenters. The Hall–Kier alpha value is -0.210. The van der Waals surface area contributed by atoms with E-state index in [2.05, 4.69) is 0 Å². The number of alkyl halides is 3. The Labute approximate surface area is 82.9 Å². The summed E-state index contributed by atoms with van der Waals surface area (Å²) >= 11 is 0. The molecule has 3 atom stereocenters. The Kier molecular flexibility index (Phi) is 2.76. The minimum Gasteiger partial charge on any atom is -0.171 e. The molecule has 0 heterocycles. The van der Waals surface area contributed by atoms with Crippen molar-refractivity contribution in [3.05, 3.63) is 0 Å². The van der Waals surface area contributed by atoms with Crippen molar-refractivity contribution in [2.45, 2.75) is 51.1 Å². The molecule has 0 saturated heterocycles. The molecule has 0 aromatic rings. The molecule has 82 valence electrons. The van der Waals surface area contributed by atoms with Crippen molar-refractivity contribution >= 4 is 0 Å². The van der Waals surface area contributed by atoms with Gasteiger partial charge in [-0.1, -0.05) is 25.7 Å². The lowest BCUT2D eigenvalue weighted by Gasteiger charge is -2.39. The van der Waals surface area contributed by atoms with Gasteiger partial charge in [0, 0.05) is 0 Å². The zero-order valence-corrected chi connectivity index (χ0v) is 8.32. The van der Waals surface area contributed by atoms with E-state index in [1.54, 1.807) is 0 Å². The minimum absolute atomic E-state index is 0.379. The lowest BCUT2D eigenvalue weighted by atomic mass is 9.67.